The SMILES string of the molecule is Cc1ccc(-c2cc(CNC(C)C)ccc2C)cc1. The van der Waals surface area contributed by atoms with Crippen molar-refractivity contribution in [2.75, 3.05) is 0 Å². The van der Waals surface area contributed by atoms with Gasteiger partial charge in [-0.3, -0.25) is 0 Å². The number of hydrogen-bond donors (Lipinski definition) is 1. The van der Waals surface area contributed by atoms with Gasteiger partial charge in [-0.25, -0.2) is 0 Å². The first-order valence-electron chi connectivity index (χ1n) is 6.96. The average Bonchev–Trinajstić information content (AvgIpc) is 2.39. The summed E-state index contributed by atoms with van der Waals surface area (Å²) >= 11 is 0. The largest absolute Gasteiger partial charge is 0.310 e. The van der Waals surface area contributed by atoms with Gasteiger partial charge < -0.3 is 5.32 Å². The highest BCUT2D eigenvalue weighted by Crippen LogP contribution is 2.25. The Morgan fingerprint density at radius 2 is 1.63 bits per heavy atom. The standard InChI is InChI=1S/C18H23N/c1-13(2)19-12-16-8-7-15(4)18(11-16)17-9-5-14(3)6-10-17/h5-11,13,19H,12H2,1-4H3. The van der Waals surface area contributed by atoms with Crippen LogP contribution in [0.1, 0.15) is 30.5 Å². The molecule has 0 atom stereocenters. The van der Waals surface area contributed by atoms with Crippen LogP contribution in [0.5, 0.6) is 0 Å². The maximum atomic E-state index is 3.47. The number of rotatable bonds is 4. The molecule has 0 saturated carbocycles. The highest BCUT2D eigenvalue weighted by molar-refractivity contribution is 5.68. The van der Waals surface area contributed by atoms with Crippen molar-refractivity contribution in [3.63, 3.8) is 0 Å². The van der Waals surface area contributed by atoms with Crippen molar-refractivity contribution in [1.29, 1.82) is 0 Å². The first kappa shape index (κ1) is 13.8. The van der Waals surface area contributed by atoms with Gasteiger partial charge in [0.1, 0.15) is 0 Å². The molecule has 0 radical (unpaired) electrons. The van der Waals surface area contributed by atoms with Gasteiger partial charge in [-0.2, -0.15) is 0 Å². The van der Waals surface area contributed by atoms with E-state index in [0.717, 1.165) is 6.54 Å². The molecule has 2 aromatic rings. The van der Waals surface area contributed by atoms with Crippen LogP contribution < -0.4 is 5.32 Å². The lowest BCUT2D eigenvalue weighted by Crippen LogP contribution is -2.21. The maximum absolute atomic E-state index is 3.47. The van der Waals surface area contributed by atoms with Gasteiger partial charge in [0.2, 0.25) is 0 Å². The van der Waals surface area contributed by atoms with Gasteiger partial charge in [-0.1, -0.05) is 55.8 Å². The molecule has 2 aromatic carbocycles. The number of nitrogens with one attached hydrogen (secondary N) is 1. The summed E-state index contributed by atoms with van der Waals surface area (Å²) in [6.45, 7) is 9.58. The predicted octanol–water partition coefficient (Wildman–Crippen LogP) is 4.47. The molecular weight excluding hydrogens is 230 g/mol. The van der Waals surface area contributed by atoms with Crippen molar-refractivity contribution >= 4 is 0 Å². The topological polar surface area (TPSA) is 12.0 Å². The van der Waals surface area contributed by atoms with Crippen LogP contribution in [0.15, 0.2) is 42.5 Å². The zero-order valence-corrected chi connectivity index (χ0v) is 12.3. The molecule has 0 unspecified atom stereocenters. The zero-order valence-electron chi connectivity index (χ0n) is 12.3. The molecule has 0 amide bonds. The van der Waals surface area contributed by atoms with Crippen molar-refractivity contribution in [1.82, 2.24) is 5.32 Å². The van der Waals surface area contributed by atoms with Crippen LogP contribution in [0.2, 0.25) is 0 Å². The third kappa shape index (κ3) is 3.68. The fourth-order valence-electron chi connectivity index (χ4n) is 2.15. The molecule has 1 heteroatoms. The van der Waals surface area contributed by atoms with E-state index in [2.05, 4.69) is 75.5 Å². The van der Waals surface area contributed by atoms with Crippen LogP contribution in [-0.4, -0.2) is 6.04 Å². The van der Waals surface area contributed by atoms with Crippen molar-refractivity contribution in [2.45, 2.75) is 40.3 Å². The van der Waals surface area contributed by atoms with E-state index in [1.807, 2.05) is 0 Å². The minimum absolute atomic E-state index is 0.518. The van der Waals surface area contributed by atoms with Crippen molar-refractivity contribution in [2.24, 2.45) is 0 Å². The summed E-state index contributed by atoms with van der Waals surface area (Å²) in [6.07, 6.45) is 0. The van der Waals surface area contributed by atoms with E-state index in [-0.39, 0.29) is 0 Å². The summed E-state index contributed by atoms with van der Waals surface area (Å²) in [5.74, 6) is 0. The molecule has 0 aromatic heterocycles. The molecule has 19 heavy (non-hydrogen) atoms. The van der Waals surface area contributed by atoms with E-state index in [4.69, 9.17) is 0 Å². The molecule has 0 bridgehead atoms. The van der Waals surface area contributed by atoms with Gasteiger partial charge in [0, 0.05) is 12.6 Å². The summed E-state index contributed by atoms with van der Waals surface area (Å²) in [5.41, 5.74) is 6.61. The Morgan fingerprint density at radius 3 is 2.26 bits per heavy atom. The van der Waals surface area contributed by atoms with Crippen LogP contribution in [0.3, 0.4) is 0 Å². The highest BCUT2D eigenvalue weighted by Gasteiger charge is 2.04. The minimum atomic E-state index is 0.518. The molecule has 0 aliphatic heterocycles. The Hall–Kier alpha value is -1.60. The molecular formula is C18H23N. The average molecular weight is 253 g/mol. The van der Waals surface area contributed by atoms with Crippen molar-refractivity contribution < 1.29 is 0 Å². The van der Waals surface area contributed by atoms with E-state index in [1.54, 1.807) is 0 Å². The molecule has 100 valence electrons. The second-order valence-corrected chi connectivity index (χ2v) is 5.55. The lowest BCUT2D eigenvalue weighted by molar-refractivity contribution is 0.589. The van der Waals surface area contributed by atoms with Crippen LogP contribution in [-0.2, 0) is 6.54 Å². The molecule has 0 spiro atoms. The molecule has 0 saturated heterocycles. The number of aryl methyl sites for hydroxylation is 2. The Kier molecular flexibility index (Phi) is 4.39. The Bertz CT molecular complexity index is 538. The summed E-state index contributed by atoms with van der Waals surface area (Å²) in [6, 6.07) is 16.0. The zero-order chi connectivity index (χ0) is 13.8. The van der Waals surface area contributed by atoms with Gasteiger partial charge >= 0.3 is 0 Å². The smallest absolute Gasteiger partial charge is 0.0208 e. The van der Waals surface area contributed by atoms with E-state index in [1.165, 1.54) is 27.8 Å². The molecule has 2 rings (SSSR count). The first-order valence-corrected chi connectivity index (χ1v) is 6.96. The lowest BCUT2D eigenvalue weighted by Gasteiger charge is -2.12. The van der Waals surface area contributed by atoms with Crippen molar-refractivity contribution in [3.8, 4) is 11.1 Å². The predicted molar refractivity (Wildman–Crippen MR) is 83.3 cm³/mol. The monoisotopic (exact) mass is 253 g/mol. The summed E-state index contributed by atoms with van der Waals surface area (Å²) in [5, 5.41) is 3.47. The van der Waals surface area contributed by atoms with Crippen molar-refractivity contribution in [3.05, 3.63) is 59.2 Å². The lowest BCUT2D eigenvalue weighted by atomic mass is 9.97. The van der Waals surface area contributed by atoms with Gasteiger partial charge in [-0.05, 0) is 42.2 Å². The van der Waals surface area contributed by atoms with Crippen LogP contribution in [0, 0.1) is 13.8 Å². The fraction of sp³-hybridized carbons (Fsp3) is 0.333. The second-order valence-electron chi connectivity index (χ2n) is 5.55. The quantitative estimate of drug-likeness (QED) is 0.847. The van der Waals surface area contributed by atoms with Gasteiger partial charge in [0.05, 0.1) is 0 Å². The third-order valence-electron chi connectivity index (χ3n) is 3.38. The van der Waals surface area contributed by atoms with E-state index < -0.39 is 0 Å². The maximum Gasteiger partial charge on any atom is 0.0208 e. The molecule has 0 fully saturated rings. The number of benzene rings is 2. The molecule has 0 aliphatic rings. The van der Waals surface area contributed by atoms with Gasteiger partial charge in [0.15, 0.2) is 0 Å². The van der Waals surface area contributed by atoms with Crippen LogP contribution in [0.25, 0.3) is 11.1 Å². The summed E-state index contributed by atoms with van der Waals surface area (Å²) in [4.78, 5) is 0. The number of hydrogen-bond acceptors (Lipinski definition) is 1. The Morgan fingerprint density at radius 1 is 0.947 bits per heavy atom. The second kappa shape index (κ2) is 6.03. The summed E-state index contributed by atoms with van der Waals surface area (Å²) in [7, 11) is 0. The molecule has 1 N–H and O–H groups in total. The Labute approximate surface area is 116 Å². The van der Waals surface area contributed by atoms with E-state index >= 15 is 0 Å². The van der Waals surface area contributed by atoms with Crippen LogP contribution >= 0.6 is 0 Å². The summed E-state index contributed by atoms with van der Waals surface area (Å²) < 4.78 is 0. The molecule has 0 aliphatic carbocycles. The highest BCUT2D eigenvalue weighted by atomic mass is 14.9. The fourth-order valence-corrected chi connectivity index (χ4v) is 2.15. The van der Waals surface area contributed by atoms with E-state index in [9.17, 15) is 0 Å². The molecule has 0 heterocycles. The van der Waals surface area contributed by atoms with Crippen LogP contribution in [0.4, 0.5) is 0 Å². The van der Waals surface area contributed by atoms with E-state index in [0.29, 0.717) is 6.04 Å². The van der Waals surface area contributed by atoms with Gasteiger partial charge in [-0.15, -0.1) is 0 Å². The normalized spacial score (nSPS) is 11.0. The first-order chi connectivity index (χ1) is 9.06. The minimum Gasteiger partial charge on any atom is -0.310 e. The molecule has 1 nitrogen and oxygen atoms in total. The van der Waals surface area contributed by atoms with Gasteiger partial charge in [0.25, 0.3) is 0 Å². The third-order valence-corrected chi connectivity index (χ3v) is 3.38. The Balaban J connectivity index is 2.29.